The molecule has 4 heteroatoms. The molecule has 0 fully saturated rings. The smallest absolute Gasteiger partial charge is 0.256 e. The van der Waals surface area contributed by atoms with E-state index in [0.29, 0.717) is 17.7 Å². The Hall–Kier alpha value is -2.64. The number of likely N-dealkylation sites (N-methyl/N-ethyl adjacent to an activating group) is 1. The van der Waals surface area contributed by atoms with Crippen molar-refractivity contribution < 1.29 is 9.90 Å². The van der Waals surface area contributed by atoms with Crippen LogP contribution >= 0.6 is 0 Å². The first kappa shape index (κ1) is 14.8. The van der Waals surface area contributed by atoms with Crippen LogP contribution in [0.1, 0.15) is 22.8 Å². The summed E-state index contributed by atoms with van der Waals surface area (Å²) in [4.78, 5) is 13.7. The molecular formula is C17H16N2O2. The Bertz CT molecular complexity index is 662. The van der Waals surface area contributed by atoms with Gasteiger partial charge in [0.1, 0.15) is 0 Å². The molecule has 0 bridgehead atoms. The van der Waals surface area contributed by atoms with E-state index >= 15 is 0 Å². The lowest BCUT2D eigenvalue weighted by molar-refractivity contribution is -0.139. The van der Waals surface area contributed by atoms with Crippen LogP contribution in [0.5, 0.6) is 0 Å². The molecule has 106 valence electrons. The molecule has 2 aromatic carbocycles. The Kier molecular flexibility index (Phi) is 4.70. The van der Waals surface area contributed by atoms with Crippen LogP contribution in [0.3, 0.4) is 0 Å². The molecule has 0 aliphatic carbocycles. The van der Waals surface area contributed by atoms with Crippen LogP contribution in [0.2, 0.25) is 0 Å². The maximum Gasteiger partial charge on any atom is 0.256 e. The Morgan fingerprint density at radius 2 is 1.95 bits per heavy atom. The van der Waals surface area contributed by atoms with Crippen LogP contribution in [0.15, 0.2) is 54.6 Å². The molecule has 1 amide bonds. The van der Waals surface area contributed by atoms with Crippen LogP contribution in [-0.2, 0) is 11.3 Å². The first-order chi connectivity index (χ1) is 10.1. The lowest BCUT2D eigenvalue weighted by Crippen LogP contribution is -2.31. The highest BCUT2D eigenvalue weighted by atomic mass is 16.3. The highest BCUT2D eigenvalue weighted by Gasteiger charge is 2.21. The molecule has 0 heterocycles. The second-order valence-electron chi connectivity index (χ2n) is 4.82. The van der Waals surface area contributed by atoms with Crippen molar-refractivity contribution in [2.75, 3.05) is 7.05 Å². The summed E-state index contributed by atoms with van der Waals surface area (Å²) < 4.78 is 0. The Balaban J connectivity index is 2.07. The fourth-order valence-electron chi connectivity index (χ4n) is 2.08. The van der Waals surface area contributed by atoms with Gasteiger partial charge in [-0.05, 0) is 23.3 Å². The summed E-state index contributed by atoms with van der Waals surface area (Å²) in [6, 6.07) is 18.0. The van der Waals surface area contributed by atoms with Gasteiger partial charge in [-0.3, -0.25) is 4.79 Å². The van der Waals surface area contributed by atoms with Crippen molar-refractivity contribution in [3.05, 3.63) is 71.3 Å². The fourth-order valence-corrected chi connectivity index (χ4v) is 2.08. The number of hydrogen-bond donors (Lipinski definition) is 1. The van der Waals surface area contributed by atoms with Gasteiger partial charge in [-0.1, -0.05) is 42.5 Å². The molecule has 0 aromatic heterocycles. The van der Waals surface area contributed by atoms with Crippen molar-refractivity contribution in [1.29, 1.82) is 5.26 Å². The largest absolute Gasteiger partial charge is 0.378 e. The van der Waals surface area contributed by atoms with Gasteiger partial charge in [-0.25, -0.2) is 0 Å². The highest BCUT2D eigenvalue weighted by molar-refractivity contribution is 5.81. The Labute approximate surface area is 123 Å². The minimum Gasteiger partial charge on any atom is -0.378 e. The predicted molar refractivity (Wildman–Crippen MR) is 79.0 cm³/mol. The van der Waals surface area contributed by atoms with Gasteiger partial charge in [0, 0.05) is 13.6 Å². The third-order valence-corrected chi connectivity index (χ3v) is 3.20. The van der Waals surface area contributed by atoms with Crippen molar-refractivity contribution in [2.45, 2.75) is 12.6 Å². The van der Waals surface area contributed by atoms with E-state index in [1.54, 1.807) is 49.5 Å². The van der Waals surface area contributed by atoms with Crippen molar-refractivity contribution >= 4 is 5.91 Å². The standard InChI is InChI=1S/C17H16N2O2/c1-19(12-14-7-5-6-13(10-14)11-18)17(21)16(20)15-8-3-2-4-9-15/h2-10,16,20H,12H2,1H3. The summed E-state index contributed by atoms with van der Waals surface area (Å²) in [5.74, 6) is -0.372. The molecule has 1 atom stereocenters. The monoisotopic (exact) mass is 280 g/mol. The quantitative estimate of drug-likeness (QED) is 0.934. The number of amides is 1. The van der Waals surface area contributed by atoms with E-state index < -0.39 is 6.10 Å². The molecule has 1 unspecified atom stereocenters. The lowest BCUT2D eigenvalue weighted by atomic mass is 10.1. The number of carbonyl (C=O) groups excluding carboxylic acids is 1. The molecule has 0 aliphatic rings. The molecule has 21 heavy (non-hydrogen) atoms. The second-order valence-corrected chi connectivity index (χ2v) is 4.82. The van der Waals surface area contributed by atoms with E-state index in [9.17, 15) is 9.90 Å². The summed E-state index contributed by atoms with van der Waals surface area (Å²) in [7, 11) is 1.63. The fraction of sp³-hybridized carbons (Fsp3) is 0.176. The lowest BCUT2D eigenvalue weighted by Gasteiger charge is -2.21. The van der Waals surface area contributed by atoms with Gasteiger partial charge in [0.15, 0.2) is 6.10 Å². The summed E-state index contributed by atoms with van der Waals surface area (Å²) in [5.41, 5.74) is 1.97. The number of aliphatic hydroxyl groups is 1. The van der Waals surface area contributed by atoms with Gasteiger partial charge in [0.25, 0.3) is 5.91 Å². The number of nitrogens with zero attached hydrogens (tertiary/aromatic N) is 2. The summed E-state index contributed by atoms with van der Waals surface area (Å²) >= 11 is 0. The average molecular weight is 280 g/mol. The summed E-state index contributed by atoms with van der Waals surface area (Å²) in [5, 5.41) is 19.0. The van der Waals surface area contributed by atoms with Crippen LogP contribution in [0, 0.1) is 11.3 Å². The SMILES string of the molecule is CN(Cc1cccc(C#N)c1)C(=O)C(O)c1ccccc1. The zero-order valence-corrected chi connectivity index (χ0v) is 11.7. The van der Waals surface area contributed by atoms with Gasteiger partial charge < -0.3 is 10.0 Å². The first-order valence-electron chi connectivity index (χ1n) is 6.59. The molecule has 2 aromatic rings. The predicted octanol–water partition coefficient (Wildman–Crippen LogP) is 2.25. The third kappa shape index (κ3) is 3.68. The van der Waals surface area contributed by atoms with E-state index in [1.807, 2.05) is 12.1 Å². The molecule has 0 radical (unpaired) electrons. The van der Waals surface area contributed by atoms with E-state index in [1.165, 1.54) is 4.90 Å². The number of benzene rings is 2. The van der Waals surface area contributed by atoms with E-state index in [2.05, 4.69) is 6.07 Å². The van der Waals surface area contributed by atoms with E-state index in [0.717, 1.165) is 5.56 Å². The first-order valence-corrected chi connectivity index (χ1v) is 6.59. The van der Waals surface area contributed by atoms with Crippen molar-refractivity contribution in [3.8, 4) is 6.07 Å². The van der Waals surface area contributed by atoms with Crippen LogP contribution < -0.4 is 0 Å². The normalized spacial score (nSPS) is 11.5. The van der Waals surface area contributed by atoms with Gasteiger partial charge in [0.05, 0.1) is 11.6 Å². The Morgan fingerprint density at radius 1 is 1.24 bits per heavy atom. The molecule has 0 aliphatic heterocycles. The Morgan fingerprint density at radius 3 is 2.62 bits per heavy atom. The number of rotatable bonds is 4. The van der Waals surface area contributed by atoms with Crippen LogP contribution in [-0.4, -0.2) is 23.0 Å². The molecule has 4 nitrogen and oxygen atoms in total. The number of carbonyl (C=O) groups is 1. The zero-order chi connectivity index (χ0) is 15.2. The van der Waals surface area contributed by atoms with Crippen molar-refractivity contribution in [2.24, 2.45) is 0 Å². The van der Waals surface area contributed by atoms with E-state index in [4.69, 9.17) is 5.26 Å². The van der Waals surface area contributed by atoms with Crippen LogP contribution in [0.25, 0.3) is 0 Å². The van der Waals surface area contributed by atoms with Gasteiger partial charge in [0.2, 0.25) is 0 Å². The van der Waals surface area contributed by atoms with Crippen LogP contribution in [0.4, 0.5) is 0 Å². The van der Waals surface area contributed by atoms with Gasteiger partial charge in [-0.2, -0.15) is 5.26 Å². The third-order valence-electron chi connectivity index (χ3n) is 3.20. The van der Waals surface area contributed by atoms with E-state index in [-0.39, 0.29) is 5.91 Å². The maximum absolute atomic E-state index is 12.2. The van der Waals surface area contributed by atoms with Crippen molar-refractivity contribution in [1.82, 2.24) is 4.90 Å². The molecular weight excluding hydrogens is 264 g/mol. The van der Waals surface area contributed by atoms with Gasteiger partial charge in [-0.15, -0.1) is 0 Å². The number of nitriles is 1. The molecule has 0 saturated carbocycles. The molecule has 0 saturated heterocycles. The molecule has 0 spiro atoms. The van der Waals surface area contributed by atoms with Crippen molar-refractivity contribution in [3.63, 3.8) is 0 Å². The second kappa shape index (κ2) is 6.69. The minimum atomic E-state index is -1.17. The highest BCUT2D eigenvalue weighted by Crippen LogP contribution is 2.16. The maximum atomic E-state index is 12.2. The zero-order valence-electron chi connectivity index (χ0n) is 11.7. The summed E-state index contributed by atoms with van der Waals surface area (Å²) in [6.07, 6.45) is -1.17. The number of aliphatic hydroxyl groups excluding tert-OH is 1. The molecule has 1 N–H and O–H groups in total. The number of hydrogen-bond acceptors (Lipinski definition) is 3. The molecule has 2 rings (SSSR count). The van der Waals surface area contributed by atoms with Gasteiger partial charge >= 0.3 is 0 Å². The average Bonchev–Trinajstić information content (AvgIpc) is 2.54. The minimum absolute atomic E-state index is 0.345. The topological polar surface area (TPSA) is 64.3 Å². The summed E-state index contributed by atoms with van der Waals surface area (Å²) in [6.45, 7) is 0.345.